The topological polar surface area (TPSA) is 124 Å². The fourth-order valence-electron chi connectivity index (χ4n) is 6.65. The third-order valence-electron chi connectivity index (χ3n) is 8.93. The lowest BCUT2D eigenvalue weighted by Crippen LogP contribution is -2.45. The van der Waals surface area contributed by atoms with Crippen molar-refractivity contribution in [3.8, 4) is 0 Å². The second-order valence-corrected chi connectivity index (χ2v) is 10.8. The first-order valence-electron chi connectivity index (χ1n) is 12.8. The first-order valence-corrected chi connectivity index (χ1v) is 12.8. The van der Waals surface area contributed by atoms with Gasteiger partial charge in [-0.15, -0.1) is 0 Å². The largest absolute Gasteiger partial charge is 0.392 e. The molecular weight excluding hydrogens is 452 g/mol. The smallest absolute Gasteiger partial charge is 0.263 e. The maximum absolute atomic E-state index is 13.4. The molecule has 0 unspecified atom stereocenters. The van der Waals surface area contributed by atoms with Crippen molar-refractivity contribution in [3.63, 3.8) is 0 Å². The predicted molar refractivity (Wildman–Crippen MR) is 138 cm³/mol. The third kappa shape index (κ3) is 3.10. The standard InChI is InChI=1S/C28H30N6O2/c29-22-20-7-2-1-5-18(20)15-27(22)10-12-34(13-11-27)26-30-24-21(25(36)31-26)23(32-33-24)28(8-9-28)19-6-3-4-17(14-19)16-35/h1-7,14,22,35H,8-13,15-16,29H2,(H2,30,31,32,33,36)/t22-/m1/s1. The normalized spacial score (nSPS) is 21.7. The van der Waals surface area contributed by atoms with Gasteiger partial charge < -0.3 is 15.7 Å². The number of fused-ring (bicyclic) bond motifs is 2. The first kappa shape index (κ1) is 21.8. The molecule has 1 spiro atoms. The van der Waals surface area contributed by atoms with Crippen molar-refractivity contribution in [2.24, 2.45) is 11.1 Å². The summed E-state index contributed by atoms with van der Waals surface area (Å²) >= 11 is 0. The Morgan fingerprint density at radius 3 is 2.64 bits per heavy atom. The number of nitrogens with one attached hydrogen (secondary N) is 2. The number of anilines is 1. The molecule has 0 bridgehead atoms. The summed E-state index contributed by atoms with van der Waals surface area (Å²) in [4.78, 5) is 23.4. The van der Waals surface area contributed by atoms with E-state index in [0.717, 1.165) is 62.0 Å². The summed E-state index contributed by atoms with van der Waals surface area (Å²) in [6.45, 7) is 1.59. The van der Waals surface area contributed by atoms with Crippen LogP contribution in [0.3, 0.4) is 0 Å². The number of hydrogen-bond donors (Lipinski definition) is 4. The second kappa shape index (κ2) is 7.75. The Balaban J connectivity index is 1.17. The zero-order valence-electron chi connectivity index (χ0n) is 20.1. The number of rotatable bonds is 4. The Kier molecular flexibility index (Phi) is 4.69. The zero-order chi connectivity index (χ0) is 24.5. The van der Waals surface area contributed by atoms with Gasteiger partial charge in [0.25, 0.3) is 5.56 Å². The van der Waals surface area contributed by atoms with Crippen LogP contribution in [0, 0.1) is 5.41 Å². The molecule has 5 N–H and O–H groups in total. The number of nitrogens with two attached hydrogens (primary N) is 1. The predicted octanol–water partition coefficient (Wildman–Crippen LogP) is 3.06. The van der Waals surface area contributed by atoms with Gasteiger partial charge in [-0.2, -0.15) is 10.1 Å². The number of aromatic amines is 2. The highest BCUT2D eigenvalue weighted by molar-refractivity contribution is 5.80. The average molecular weight is 483 g/mol. The van der Waals surface area contributed by atoms with Crippen LogP contribution in [0.15, 0.2) is 53.3 Å². The molecule has 2 aliphatic carbocycles. The second-order valence-electron chi connectivity index (χ2n) is 10.8. The van der Waals surface area contributed by atoms with Gasteiger partial charge in [0.15, 0.2) is 5.65 Å². The lowest BCUT2D eigenvalue weighted by Gasteiger charge is -2.42. The van der Waals surface area contributed by atoms with Gasteiger partial charge in [0.2, 0.25) is 5.95 Å². The molecule has 4 aromatic rings. The molecule has 1 saturated carbocycles. The molecule has 1 aliphatic heterocycles. The molecule has 0 amide bonds. The Labute approximate surface area is 208 Å². The van der Waals surface area contributed by atoms with Crippen molar-refractivity contribution < 1.29 is 5.11 Å². The molecule has 2 fully saturated rings. The molecule has 2 aromatic heterocycles. The molecule has 1 atom stereocenters. The quantitative estimate of drug-likeness (QED) is 0.354. The van der Waals surface area contributed by atoms with E-state index in [1.807, 2.05) is 18.2 Å². The monoisotopic (exact) mass is 482 g/mol. The average Bonchev–Trinajstić information content (AvgIpc) is 3.53. The van der Waals surface area contributed by atoms with E-state index in [0.29, 0.717) is 17.0 Å². The summed E-state index contributed by atoms with van der Waals surface area (Å²) in [5.41, 5.74) is 12.2. The number of benzene rings is 2. The molecule has 36 heavy (non-hydrogen) atoms. The van der Waals surface area contributed by atoms with E-state index in [9.17, 15) is 9.90 Å². The van der Waals surface area contributed by atoms with Crippen LogP contribution in [0.5, 0.6) is 0 Å². The zero-order valence-corrected chi connectivity index (χ0v) is 20.1. The van der Waals surface area contributed by atoms with Crippen LogP contribution >= 0.6 is 0 Å². The van der Waals surface area contributed by atoms with E-state index in [1.165, 1.54) is 11.1 Å². The van der Waals surface area contributed by atoms with Crippen LogP contribution in [0.2, 0.25) is 0 Å². The minimum atomic E-state index is -0.301. The number of aromatic nitrogens is 4. The van der Waals surface area contributed by atoms with Crippen molar-refractivity contribution in [1.82, 2.24) is 20.2 Å². The van der Waals surface area contributed by atoms with E-state index in [-0.39, 0.29) is 29.0 Å². The highest BCUT2D eigenvalue weighted by Gasteiger charge is 2.50. The Hall–Kier alpha value is -3.49. The molecule has 1 saturated heterocycles. The maximum Gasteiger partial charge on any atom is 0.263 e. The van der Waals surface area contributed by atoms with E-state index in [4.69, 9.17) is 10.7 Å². The third-order valence-corrected chi connectivity index (χ3v) is 8.93. The number of aliphatic hydroxyl groups excluding tert-OH is 1. The summed E-state index contributed by atoms with van der Waals surface area (Å²) in [7, 11) is 0. The molecule has 3 aliphatic rings. The fourth-order valence-corrected chi connectivity index (χ4v) is 6.65. The molecule has 7 rings (SSSR count). The lowest BCUT2D eigenvalue weighted by molar-refractivity contribution is 0.187. The van der Waals surface area contributed by atoms with Crippen LogP contribution in [0.25, 0.3) is 11.0 Å². The van der Waals surface area contributed by atoms with Crippen molar-refractivity contribution in [1.29, 1.82) is 0 Å². The van der Waals surface area contributed by atoms with E-state index < -0.39 is 0 Å². The number of H-pyrrole nitrogens is 2. The number of hydrogen-bond acceptors (Lipinski definition) is 6. The Morgan fingerprint density at radius 1 is 1.08 bits per heavy atom. The number of aliphatic hydroxyl groups is 1. The molecule has 8 nitrogen and oxygen atoms in total. The van der Waals surface area contributed by atoms with Crippen molar-refractivity contribution in [2.75, 3.05) is 18.0 Å². The minimum absolute atomic E-state index is 0.00908. The summed E-state index contributed by atoms with van der Waals surface area (Å²) in [5, 5.41) is 17.8. The van der Waals surface area contributed by atoms with Crippen LogP contribution < -0.4 is 16.2 Å². The Bertz CT molecular complexity index is 1530. The molecule has 2 aromatic carbocycles. The van der Waals surface area contributed by atoms with Gasteiger partial charge in [-0.1, -0.05) is 48.5 Å². The van der Waals surface area contributed by atoms with Crippen LogP contribution in [-0.2, 0) is 18.4 Å². The van der Waals surface area contributed by atoms with Gasteiger partial charge in [0, 0.05) is 24.5 Å². The van der Waals surface area contributed by atoms with E-state index >= 15 is 0 Å². The summed E-state index contributed by atoms with van der Waals surface area (Å²) in [6.07, 6.45) is 4.77. The molecule has 3 heterocycles. The first-order chi connectivity index (χ1) is 17.5. The van der Waals surface area contributed by atoms with Crippen LogP contribution in [0.1, 0.15) is 59.7 Å². The van der Waals surface area contributed by atoms with Crippen molar-refractivity contribution in [3.05, 3.63) is 86.8 Å². The van der Waals surface area contributed by atoms with E-state index in [2.05, 4.69) is 50.4 Å². The molecule has 8 heteroatoms. The molecule has 184 valence electrons. The van der Waals surface area contributed by atoms with Gasteiger partial charge in [-0.25, -0.2) is 0 Å². The minimum Gasteiger partial charge on any atom is -0.392 e. The maximum atomic E-state index is 13.4. The van der Waals surface area contributed by atoms with Gasteiger partial charge in [-0.05, 0) is 59.8 Å². The van der Waals surface area contributed by atoms with Gasteiger partial charge in [0.1, 0.15) is 5.39 Å². The number of piperidine rings is 1. The fraction of sp³-hybridized carbons (Fsp3) is 0.393. The van der Waals surface area contributed by atoms with Gasteiger partial charge >= 0.3 is 0 Å². The molecular formula is C28H30N6O2. The lowest BCUT2D eigenvalue weighted by atomic mass is 9.73. The number of nitrogens with zero attached hydrogens (tertiary/aromatic N) is 3. The van der Waals surface area contributed by atoms with Crippen molar-refractivity contribution in [2.45, 2.75) is 50.2 Å². The van der Waals surface area contributed by atoms with E-state index in [1.54, 1.807) is 0 Å². The SMILES string of the molecule is N[C@@H]1c2ccccc2CC12CCN(c1nc3[nH]nc(C4(c5cccc(CO)c5)CC4)c3c(=O)[nH]1)CC2. The van der Waals surface area contributed by atoms with Crippen LogP contribution in [-0.4, -0.2) is 38.4 Å². The highest BCUT2D eigenvalue weighted by Crippen LogP contribution is 2.54. The summed E-state index contributed by atoms with van der Waals surface area (Å²) < 4.78 is 0. The molecule has 0 radical (unpaired) electrons. The highest BCUT2D eigenvalue weighted by atomic mass is 16.3. The summed E-state index contributed by atoms with van der Waals surface area (Å²) in [5.74, 6) is 0.591. The summed E-state index contributed by atoms with van der Waals surface area (Å²) in [6, 6.07) is 16.5. The van der Waals surface area contributed by atoms with Crippen molar-refractivity contribution >= 4 is 17.0 Å². The van der Waals surface area contributed by atoms with Crippen LogP contribution in [0.4, 0.5) is 5.95 Å². The van der Waals surface area contributed by atoms with Gasteiger partial charge in [0.05, 0.1) is 12.3 Å². The van der Waals surface area contributed by atoms with Gasteiger partial charge in [-0.3, -0.25) is 14.9 Å². The Morgan fingerprint density at radius 2 is 1.89 bits per heavy atom.